The Morgan fingerprint density at radius 3 is 2.00 bits per heavy atom. The Balaban J connectivity index is 5.19. The highest BCUT2D eigenvalue weighted by atomic mass is 16.1. The minimum atomic E-state index is -0.510. The van der Waals surface area contributed by atoms with Gasteiger partial charge in [-0.05, 0) is 37.6 Å². The van der Waals surface area contributed by atoms with Crippen LogP contribution in [0.5, 0.6) is 0 Å². The summed E-state index contributed by atoms with van der Waals surface area (Å²) in [5.41, 5.74) is 5.34. The van der Waals surface area contributed by atoms with E-state index in [-0.39, 0.29) is 5.91 Å². The summed E-state index contributed by atoms with van der Waals surface area (Å²) in [6.45, 7) is 11.8. The van der Waals surface area contributed by atoms with Crippen molar-refractivity contribution in [2.24, 2.45) is 17.6 Å². The van der Waals surface area contributed by atoms with E-state index in [9.17, 15) is 4.79 Å². The highest BCUT2D eigenvalue weighted by Gasteiger charge is 2.42. The molecule has 0 bridgehead atoms. The largest absolute Gasteiger partial charge is 0.368 e. The van der Waals surface area contributed by atoms with Crippen LogP contribution < -0.4 is 11.1 Å². The zero-order chi connectivity index (χ0) is 15.6. The Hall–Kier alpha value is -0.570. The van der Waals surface area contributed by atoms with Gasteiger partial charge in [-0.3, -0.25) is 4.79 Å². The Labute approximate surface area is 126 Å². The zero-order valence-electron chi connectivity index (χ0n) is 14.3. The first-order valence-corrected chi connectivity index (χ1v) is 8.53. The van der Waals surface area contributed by atoms with Crippen molar-refractivity contribution in [3.63, 3.8) is 0 Å². The summed E-state index contributed by atoms with van der Waals surface area (Å²) < 4.78 is 0. The van der Waals surface area contributed by atoms with Gasteiger partial charge >= 0.3 is 0 Å². The lowest BCUT2D eigenvalue weighted by Crippen LogP contribution is -2.61. The lowest BCUT2D eigenvalue weighted by atomic mass is 9.74. The molecule has 20 heavy (non-hydrogen) atoms. The molecule has 2 atom stereocenters. The number of hydrogen-bond acceptors (Lipinski definition) is 2. The number of rotatable bonds is 12. The maximum absolute atomic E-state index is 12.3. The lowest BCUT2D eigenvalue weighted by Gasteiger charge is -2.40. The first-order valence-electron chi connectivity index (χ1n) is 8.53. The van der Waals surface area contributed by atoms with Gasteiger partial charge in [-0.15, -0.1) is 0 Å². The first-order chi connectivity index (χ1) is 9.48. The van der Waals surface area contributed by atoms with E-state index in [2.05, 4.69) is 39.9 Å². The molecule has 0 rings (SSSR count). The predicted molar refractivity (Wildman–Crippen MR) is 87.6 cm³/mol. The van der Waals surface area contributed by atoms with Crippen LogP contribution in [0.1, 0.15) is 79.6 Å². The molecule has 0 saturated carbocycles. The number of nitrogens with two attached hydrogens (primary N) is 1. The van der Waals surface area contributed by atoms with Gasteiger partial charge in [0.1, 0.15) is 5.54 Å². The van der Waals surface area contributed by atoms with E-state index >= 15 is 0 Å². The van der Waals surface area contributed by atoms with Gasteiger partial charge in [0, 0.05) is 0 Å². The number of carbonyl (C=O) groups excluding carboxylic acids is 1. The summed E-state index contributed by atoms with van der Waals surface area (Å²) in [7, 11) is 0. The van der Waals surface area contributed by atoms with Gasteiger partial charge in [0.15, 0.2) is 0 Å². The van der Waals surface area contributed by atoms with Crippen LogP contribution in [-0.2, 0) is 4.79 Å². The molecule has 3 nitrogen and oxygen atoms in total. The van der Waals surface area contributed by atoms with E-state index in [1.54, 1.807) is 0 Å². The fourth-order valence-corrected chi connectivity index (χ4v) is 3.08. The van der Waals surface area contributed by atoms with Gasteiger partial charge in [0.05, 0.1) is 0 Å². The second-order valence-electron chi connectivity index (χ2n) is 6.25. The molecule has 0 radical (unpaired) electrons. The van der Waals surface area contributed by atoms with Crippen LogP contribution in [0.3, 0.4) is 0 Å². The number of nitrogens with one attached hydrogen (secondary N) is 1. The van der Waals surface area contributed by atoms with Crippen LogP contribution in [0.15, 0.2) is 0 Å². The molecule has 0 aliphatic carbocycles. The molecule has 0 aromatic carbocycles. The van der Waals surface area contributed by atoms with Crippen molar-refractivity contribution in [3.05, 3.63) is 0 Å². The van der Waals surface area contributed by atoms with Crippen LogP contribution >= 0.6 is 0 Å². The maximum Gasteiger partial charge on any atom is 0.238 e. The summed E-state index contributed by atoms with van der Waals surface area (Å²) in [6, 6.07) is 0. The predicted octanol–water partition coefficient (Wildman–Crippen LogP) is 3.86. The molecule has 0 spiro atoms. The first kappa shape index (κ1) is 19.4. The van der Waals surface area contributed by atoms with Crippen LogP contribution in [0.2, 0.25) is 0 Å². The molecule has 0 aromatic heterocycles. The van der Waals surface area contributed by atoms with Crippen molar-refractivity contribution in [2.75, 3.05) is 6.54 Å². The zero-order valence-corrected chi connectivity index (χ0v) is 14.3. The molecule has 3 N–H and O–H groups in total. The molecular weight excluding hydrogens is 248 g/mol. The molecule has 3 heteroatoms. The van der Waals surface area contributed by atoms with Crippen molar-refractivity contribution >= 4 is 5.91 Å². The number of amides is 1. The Morgan fingerprint density at radius 1 is 1.10 bits per heavy atom. The molecule has 0 saturated heterocycles. The van der Waals surface area contributed by atoms with E-state index in [0.29, 0.717) is 11.8 Å². The van der Waals surface area contributed by atoms with Crippen molar-refractivity contribution < 1.29 is 4.79 Å². The minimum absolute atomic E-state index is 0.158. The molecule has 0 aromatic rings. The summed E-state index contributed by atoms with van der Waals surface area (Å²) in [6.07, 6.45) is 7.32. The number of primary amides is 1. The highest BCUT2D eigenvalue weighted by Crippen LogP contribution is 2.31. The molecule has 1 amide bonds. The van der Waals surface area contributed by atoms with Crippen LogP contribution in [0.25, 0.3) is 0 Å². The van der Waals surface area contributed by atoms with E-state index in [4.69, 9.17) is 5.73 Å². The van der Waals surface area contributed by atoms with E-state index in [0.717, 1.165) is 51.5 Å². The molecule has 120 valence electrons. The third kappa shape index (κ3) is 5.43. The highest BCUT2D eigenvalue weighted by molar-refractivity contribution is 5.85. The smallest absolute Gasteiger partial charge is 0.238 e. The second kappa shape index (κ2) is 10.2. The summed E-state index contributed by atoms with van der Waals surface area (Å²) in [4.78, 5) is 12.3. The SMILES string of the molecule is CCCC(CCC)C(CCC)(NCC(C)CC)C(N)=O. The molecule has 0 fully saturated rings. The van der Waals surface area contributed by atoms with E-state index in [1.807, 2.05) is 0 Å². The summed E-state index contributed by atoms with van der Waals surface area (Å²) in [5.74, 6) is 0.781. The monoisotopic (exact) mass is 284 g/mol. The third-order valence-electron chi connectivity index (χ3n) is 4.52. The average molecular weight is 284 g/mol. The fraction of sp³-hybridized carbons (Fsp3) is 0.941. The van der Waals surface area contributed by atoms with Gasteiger partial charge in [-0.2, -0.15) is 0 Å². The van der Waals surface area contributed by atoms with E-state index < -0.39 is 5.54 Å². The Kier molecular flexibility index (Phi) is 9.91. The lowest BCUT2D eigenvalue weighted by molar-refractivity contribution is -0.127. The fourth-order valence-electron chi connectivity index (χ4n) is 3.08. The Bertz CT molecular complexity index is 262. The van der Waals surface area contributed by atoms with Crippen molar-refractivity contribution in [1.82, 2.24) is 5.32 Å². The quantitative estimate of drug-likeness (QED) is 0.571. The van der Waals surface area contributed by atoms with Gasteiger partial charge in [0.2, 0.25) is 5.91 Å². The number of carbonyl (C=O) groups is 1. The van der Waals surface area contributed by atoms with Gasteiger partial charge < -0.3 is 11.1 Å². The molecule has 2 unspecified atom stereocenters. The summed E-state index contributed by atoms with van der Waals surface area (Å²) >= 11 is 0. The Morgan fingerprint density at radius 2 is 1.65 bits per heavy atom. The molecule has 0 aliphatic heterocycles. The van der Waals surface area contributed by atoms with Gasteiger partial charge in [-0.1, -0.05) is 60.3 Å². The third-order valence-corrected chi connectivity index (χ3v) is 4.52. The summed E-state index contributed by atoms with van der Waals surface area (Å²) in [5, 5.41) is 3.58. The van der Waals surface area contributed by atoms with Crippen LogP contribution in [0, 0.1) is 11.8 Å². The second-order valence-corrected chi connectivity index (χ2v) is 6.25. The minimum Gasteiger partial charge on any atom is -0.368 e. The van der Waals surface area contributed by atoms with E-state index in [1.165, 1.54) is 0 Å². The maximum atomic E-state index is 12.3. The number of hydrogen-bond donors (Lipinski definition) is 2. The topological polar surface area (TPSA) is 55.1 Å². The van der Waals surface area contributed by atoms with Crippen LogP contribution in [0.4, 0.5) is 0 Å². The molecule has 0 aliphatic rings. The van der Waals surface area contributed by atoms with Gasteiger partial charge in [0.25, 0.3) is 0 Å². The van der Waals surface area contributed by atoms with Crippen molar-refractivity contribution in [1.29, 1.82) is 0 Å². The van der Waals surface area contributed by atoms with Crippen molar-refractivity contribution in [2.45, 2.75) is 85.1 Å². The average Bonchev–Trinajstić information content (AvgIpc) is 2.42. The molecular formula is C17H36N2O. The van der Waals surface area contributed by atoms with Crippen LogP contribution in [-0.4, -0.2) is 18.0 Å². The normalized spacial score (nSPS) is 16.1. The standard InChI is InChI=1S/C17H36N2O/c1-6-10-15(11-7-2)17(12-8-3,16(18)20)19-13-14(5)9-4/h14-15,19H,6-13H2,1-5H3,(H2,18,20). The van der Waals surface area contributed by atoms with Crippen molar-refractivity contribution in [3.8, 4) is 0 Å². The molecule has 0 heterocycles. The van der Waals surface area contributed by atoms with Gasteiger partial charge in [-0.25, -0.2) is 0 Å².